The van der Waals surface area contributed by atoms with Gasteiger partial charge >= 0.3 is 5.97 Å². The zero-order valence-corrected chi connectivity index (χ0v) is 19.8. The number of hydrogen-bond donors (Lipinski definition) is 0. The minimum Gasteiger partial charge on any atom is -0.455 e. The molecule has 2 heterocycles. The fourth-order valence-corrected chi connectivity index (χ4v) is 5.67. The first kappa shape index (κ1) is 23.8. The zero-order chi connectivity index (χ0) is 24.1. The van der Waals surface area contributed by atoms with Crippen LogP contribution in [0, 0.1) is 5.92 Å². The molecule has 0 radical (unpaired) electrons. The van der Waals surface area contributed by atoms with Crippen molar-refractivity contribution >= 4 is 38.4 Å². The van der Waals surface area contributed by atoms with Crippen LogP contribution in [-0.4, -0.2) is 55.8 Å². The molecule has 8 nitrogen and oxygen atoms in total. The number of aromatic nitrogens is 1. The number of carbonyl (C=O) groups is 2. The summed E-state index contributed by atoms with van der Waals surface area (Å²) in [4.78, 5) is 31.1. The molecule has 1 aromatic heterocycles. The van der Waals surface area contributed by atoms with Gasteiger partial charge in [0.2, 0.25) is 10.0 Å². The minimum atomic E-state index is -3.64. The van der Waals surface area contributed by atoms with Crippen molar-refractivity contribution in [1.29, 1.82) is 0 Å². The normalized spacial score (nSPS) is 15.2. The molecular formula is C25H27N3O5S. The summed E-state index contributed by atoms with van der Waals surface area (Å²) in [5.74, 6) is -1.22. The van der Waals surface area contributed by atoms with Gasteiger partial charge in [-0.2, -0.15) is 4.31 Å². The van der Waals surface area contributed by atoms with Crippen molar-refractivity contribution < 1.29 is 22.7 Å². The van der Waals surface area contributed by atoms with Crippen LogP contribution in [0.4, 0.5) is 5.69 Å². The van der Waals surface area contributed by atoms with Crippen molar-refractivity contribution in [2.24, 2.45) is 5.92 Å². The van der Waals surface area contributed by atoms with Crippen LogP contribution >= 0.6 is 0 Å². The highest BCUT2D eigenvalue weighted by Crippen LogP contribution is 2.27. The number of amides is 1. The third-order valence-corrected chi connectivity index (χ3v) is 7.95. The van der Waals surface area contributed by atoms with Crippen LogP contribution in [0.5, 0.6) is 0 Å². The average molecular weight is 482 g/mol. The highest BCUT2D eigenvalue weighted by Gasteiger charge is 2.33. The summed E-state index contributed by atoms with van der Waals surface area (Å²) in [6.07, 6.45) is 3.51. The molecule has 0 saturated carbocycles. The standard InChI is InChI=1S/C25H27N3O5S/c1-2-28(23-11-5-8-19-7-3-4-10-22(19)23)24(29)18-33-25(30)20-12-15-27(16-13-20)34(31,32)21-9-6-14-26-17-21/h3-11,14,17,20H,2,12-13,15-16,18H2,1H3. The molecule has 0 spiro atoms. The molecular weight excluding hydrogens is 454 g/mol. The van der Waals surface area contributed by atoms with Gasteiger partial charge in [-0.3, -0.25) is 14.6 Å². The summed E-state index contributed by atoms with van der Waals surface area (Å²) in [6.45, 7) is 2.38. The lowest BCUT2D eigenvalue weighted by Crippen LogP contribution is -2.41. The maximum Gasteiger partial charge on any atom is 0.309 e. The van der Waals surface area contributed by atoms with Gasteiger partial charge in [0.25, 0.3) is 5.91 Å². The Morgan fingerprint density at radius 2 is 1.79 bits per heavy atom. The maximum atomic E-state index is 12.9. The van der Waals surface area contributed by atoms with Crippen LogP contribution in [0.15, 0.2) is 71.9 Å². The second-order valence-electron chi connectivity index (χ2n) is 8.11. The fourth-order valence-electron chi connectivity index (χ4n) is 4.23. The molecule has 0 N–H and O–H groups in total. The predicted molar refractivity (Wildman–Crippen MR) is 129 cm³/mol. The average Bonchev–Trinajstić information content (AvgIpc) is 2.88. The van der Waals surface area contributed by atoms with E-state index in [9.17, 15) is 18.0 Å². The lowest BCUT2D eigenvalue weighted by atomic mass is 9.98. The summed E-state index contributed by atoms with van der Waals surface area (Å²) in [6, 6.07) is 16.6. The Bertz CT molecular complexity index is 1270. The Hall–Kier alpha value is -3.30. The van der Waals surface area contributed by atoms with Crippen molar-refractivity contribution in [2.45, 2.75) is 24.7 Å². The molecule has 1 amide bonds. The fraction of sp³-hybridized carbons (Fsp3) is 0.320. The van der Waals surface area contributed by atoms with E-state index in [2.05, 4.69) is 4.98 Å². The largest absolute Gasteiger partial charge is 0.455 e. The Labute approximate surface area is 199 Å². The van der Waals surface area contributed by atoms with Gasteiger partial charge in [-0.25, -0.2) is 8.42 Å². The van der Waals surface area contributed by atoms with Gasteiger partial charge in [-0.1, -0.05) is 36.4 Å². The van der Waals surface area contributed by atoms with Crippen molar-refractivity contribution in [3.63, 3.8) is 0 Å². The van der Waals surface area contributed by atoms with E-state index >= 15 is 0 Å². The summed E-state index contributed by atoms with van der Waals surface area (Å²) in [7, 11) is -3.64. The zero-order valence-electron chi connectivity index (χ0n) is 19.0. The van der Waals surface area contributed by atoms with Crippen LogP contribution in [0.2, 0.25) is 0 Å². The Morgan fingerprint density at radius 1 is 1.06 bits per heavy atom. The van der Waals surface area contributed by atoms with Crippen molar-refractivity contribution in [2.75, 3.05) is 31.1 Å². The molecule has 1 aliphatic rings. The lowest BCUT2D eigenvalue weighted by Gasteiger charge is -2.30. The quantitative estimate of drug-likeness (QED) is 0.481. The van der Waals surface area contributed by atoms with Gasteiger partial charge < -0.3 is 9.64 Å². The number of ether oxygens (including phenoxy) is 1. The Morgan fingerprint density at radius 3 is 2.50 bits per heavy atom. The third kappa shape index (κ3) is 4.95. The first-order valence-corrected chi connectivity index (χ1v) is 12.7. The van der Waals surface area contributed by atoms with Gasteiger partial charge in [0, 0.05) is 37.4 Å². The van der Waals surface area contributed by atoms with E-state index in [1.54, 1.807) is 11.0 Å². The smallest absolute Gasteiger partial charge is 0.309 e. The number of carbonyl (C=O) groups excluding carboxylic acids is 2. The molecule has 178 valence electrons. The number of rotatable bonds is 7. The molecule has 1 fully saturated rings. The second kappa shape index (κ2) is 10.3. The molecule has 1 aliphatic heterocycles. The molecule has 2 aromatic carbocycles. The van der Waals surface area contributed by atoms with Crippen molar-refractivity contribution in [1.82, 2.24) is 9.29 Å². The van der Waals surface area contributed by atoms with E-state index in [0.29, 0.717) is 19.4 Å². The van der Waals surface area contributed by atoms with Gasteiger partial charge in [0.05, 0.1) is 11.6 Å². The number of sulfonamides is 1. The molecule has 34 heavy (non-hydrogen) atoms. The summed E-state index contributed by atoms with van der Waals surface area (Å²) in [5.41, 5.74) is 0.774. The number of hydrogen-bond acceptors (Lipinski definition) is 6. The van der Waals surface area contributed by atoms with Gasteiger partial charge in [0.15, 0.2) is 6.61 Å². The maximum absolute atomic E-state index is 12.9. The molecule has 9 heteroatoms. The number of nitrogens with zero attached hydrogens (tertiary/aromatic N) is 3. The molecule has 0 aliphatic carbocycles. The van der Waals surface area contributed by atoms with E-state index in [-0.39, 0.29) is 30.5 Å². The molecule has 0 unspecified atom stereocenters. The molecule has 1 saturated heterocycles. The number of esters is 1. The number of piperidine rings is 1. The van der Waals surface area contributed by atoms with Crippen LogP contribution in [0.3, 0.4) is 0 Å². The number of fused-ring (bicyclic) bond motifs is 1. The number of benzene rings is 2. The Balaban J connectivity index is 1.34. The van der Waals surface area contributed by atoms with Crippen molar-refractivity contribution in [3.8, 4) is 0 Å². The summed E-state index contributed by atoms with van der Waals surface area (Å²) in [5, 5.41) is 1.98. The Kier molecular flexibility index (Phi) is 7.23. The molecule has 0 bridgehead atoms. The van der Waals surface area contributed by atoms with E-state index in [0.717, 1.165) is 16.5 Å². The van der Waals surface area contributed by atoms with E-state index < -0.39 is 21.9 Å². The van der Waals surface area contributed by atoms with Crippen LogP contribution in [-0.2, 0) is 24.3 Å². The predicted octanol–water partition coefficient (Wildman–Crippen LogP) is 3.23. The topological polar surface area (TPSA) is 96.9 Å². The molecule has 0 atom stereocenters. The van der Waals surface area contributed by atoms with Gasteiger partial charge in [-0.05, 0) is 43.4 Å². The SMILES string of the molecule is CCN(C(=O)COC(=O)C1CCN(S(=O)(=O)c2cccnc2)CC1)c1cccc2ccccc12. The van der Waals surface area contributed by atoms with E-state index in [1.807, 2.05) is 49.4 Å². The third-order valence-electron chi connectivity index (χ3n) is 6.07. The van der Waals surface area contributed by atoms with Crippen LogP contribution in [0.1, 0.15) is 19.8 Å². The molecule has 4 rings (SSSR count). The monoisotopic (exact) mass is 481 g/mol. The van der Waals surface area contributed by atoms with Crippen LogP contribution < -0.4 is 4.90 Å². The van der Waals surface area contributed by atoms with Gasteiger partial charge in [0.1, 0.15) is 4.90 Å². The highest BCUT2D eigenvalue weighted by atomic mass is 32.2. The number of likely N-dealkylation sites (N-methyl/N-ethyl adjacent to an activating group) is 1. The van der Waals surface area contributed by atoms with Crippen LogP contribution in [0.25, 0.3) is 10.8 Å². The van der Waals surface area contributed by atoms with E-state index in [1.165, 1.54) is 22.8 Å². The van der Waals surface area contributed by atoms with Gasteiger partial charge in [-0.15, -0.1) is 0 Å². The molecule has 3 aromatic rings. The first-order valence-electron chi connectivity index (χ1n) is 11.3. The number of anilines is 1. The highest BCUT2D eigenvalue weighted by molar-refractivity contribution is 7.89. The second-order valence-corrected chi connectivity index (χ2v) is 10.0. The van der Waals surface area contributed by atoms with Crippen molar-refractivity contribution in [3.05, 3.63) is 67.0 Å². The number of pyridine rings is 1. The minimum absolute atomic E-state index is 0.134. The lowest BCUT2D eigenvalue weighted by molar-refractivity contribution is -0.153. The van der Waals surface area contributed by atoms with E-state index in [4.69, 9.17) is 4.74 Å². The summed E-state index contributed by atoms with van der Waals surface area (Å²) >= 11 is 0. The summed E-state index contributed by atoms with van der Waals surface area (Å²) < 4.78 is 32.2. The first-order chi connectivity index (χ1) is 16.4.